The number of hydrogen-bond acceptors (Lipinski definition) is 2. The van der Waals surface area contributed by atoms with Crippen molar-refractivity contribution in [3.8, 4) is 0 Å². The Hall–Kier alpha value is -1.80. The van der Waals surface area contributed by atoms with Crippen molar-refractivity contribution in [2.24, 2.45) is 0 Å². The molecule has 4 rings (SSSR count). The van der Waals surface area contributed by atoms with Crippen LogP contribution in [0.15, 0.2) is 48.5 Å². The van der Waals surface area contributed by atoms with E-state index in [4.69, 9.17) is 0 Å². The molecule has 2 heteroatoms. The lowest BCUT2D eigenvalue weighted by atomic mass is 9.97. The van der Waals surface area contributed by atoms with Crippen LogP contribution in [0.4, 0.5) is 5.69 Å². The standard InChI is InChI=1S/C31H44N2/c1-3-26-20-17-21-27(4-2)31(26)33-25-32(24-30(33)28-18-13-12-14-19-28)29-22-15-10-8-6-5-7-9-11-16-23-29/h12-14,17-21,29-30H,3-11,15-16,22-24H2,1-2H3. The van der Waals surface area contributed by atoms with Gasteiger partial charge >= 0.3 is 0 Å². The van der Waals surface area contributed by atoms with Gasteiger partial charge in [-0.15, -0.1) is 0 Å². The average molecular weight is 445 g/mol. The molecule has 0 spiro atoms. The van der Waals surface area contributed by atoms with Crippen LogP contribution in [0.5, 0.6) is 0 Å². The third-order valence-corrected chi connectivity index (χ3v) is 7.82. The van der Waals surface area contributed by atoms with E-state index in [1.165, 1.54) is 93.0 Å². The van der Waals surface area contributed by atoms with Gasteiger partial charge in [-0.2, -0.15) is 0 Å². The summed E-state index contributed by atoms with van der Waals surface area (Å²) in [5.74, 6) is 0. The van der Waals surface area contributed by atoms with Gasteiger partial charge in [0, 0.05) is 18.3 Å². The molecule has 2 aromatic rings. The smallest absolute Gasteiger partial charge is 0.178 e. The van der Waals surface area contributed by atoms with Crippen LogP contribution in [0.3, 0.4) is 0 Å². The summed E-state index contributed by atoms with van der Waals surface area (Å²) in [6, 6.07) is 19.0. The molecule has 1 aliphatic carbocycles. The molecule has 0 amide bonds. The first kappa shape index (κ1) is 24.3. The van der Waals surface area contributed by atoms with Crippen LogP contribution in [0.25, 0.3) is 0 Å². The summed E-state index contributed by atoms with van der Waals surface area (Å²) in [6.45, 7) is 9.58. The maximum atomic E-state index is 3.95. The van der Waals surface area contributed by atoms with E-state index in [9.17, 15) is 0 Å². The van der Waals surface area contributed by atoms with Crippen molar-refractivity contribution >= 4 is 5.69 Å². The maximum absolute atomic E-state index is 3.95. The zero-order valence-electron chi connectivity index (χ0n) is 21.1. The van der Waals surface area contributed by atoms with Crippen LogP contribution in [0.2, 0.25) is 0 Å². The fourth-order valence-electron chi connectivity index (χ4n) is 5.86. The minimum atomic E-state index is 0.339. The largest absolute Gasteiger partial charge is 0.338 e. The molecule has 1 saturated carbocycles. The molecule has 2 aliphatic rings. The number of hydrogen-bond donors (Lipinski definition) is 0. The molecule has 0 N–H and O–H groups in total. The molecule has 2 nitrogen and oxygen atoms in total. The second-order valence-corrected chi connectivity index (χ2v) is 10.1. The van der Waals surface area contributed by atoms with Crippen LogP contribution in [-0.2, 0) is 12.8 Å². The summed E-state index contributed by atoms with van der Waals surface area (Å²) >= 11 is 0. The van der Waals surface area contributed by atoms with E-state index >= 15 is 0 Å². The van der Waals surface area contributed by atoms with E-state index in [2.05, 4.69) is 78.8 Å². The number of rotatable bonds is 5. The molecule has 0 aromatic heterocycles. The van der Waals surface area contributed by atoms with E-state index in [1.54, 1.807) is 0 Å². The monoisotopic (exact) mass is 444 g/mol. The number of para-hydroxylation sites is 1. The zero-order chi connectivity index (χ0) is 22.9. The van der Waals surface area contributed by atoms with Crippen molar-refractivity contribution in [2.45, 2.75) is 109 Å². The van der Waals surface area contributed by atoms with Crippen LogP contribution >= 0.6 is 0 Å². The minimum absolute atomic E-state index is 0.339. The first-order valence-corrected chi connectivity index (χ1v) is 13.8. The van der Waals surface area contributed by atoms with Gasteiger partial charge in [-0.05, 0) is 42.4 Å². The third-order valence-electron chi connectivity index (χ3n) is 7.82. The SMILES string of the molecule is CCc1cccc(CC)c1N1[C]N(C2CCCCCCCCCCC2)CC1c1ccccc1. The van der Waals surface area contributed by atoms with Crippen molar-refractivity contribution in [2.75, 3.05) is 11.4 Å². The van der Waals surface area contributed by atoms with E-state index in [-0.39, 0.29) is 0 Å². The zero-order valence-corrected chi connectivity index (χ0v) is 21.1. The molecule has 1 saturated heterocycles. The third kappa shape index (κ3) is 6.21. The molecule has 2 fully saturated rings. The van der Waals surface area contributed by atoms with Gasteiger partial charge in [-0.25, -0.2) is 0 Å². The predicted octanol–water partition coefficient (Wildman–Crippen LogP) is 8.34. The Morgan fingerprint density at radius 2 is 1.24 bits per heavy atom. The van der Waals surface area contributed by atoms with Crippen LogP contribution < -0.4 is 4.90 Å². The number of nitrogens with zero attached hydrogens (tertiary/aromatic N) is 2. The molecule has 0 bridgehead atoms. The van der Waals surface area contributed by atoms with Gasteiger partial charge in [-0.1, -0.05) is 120 Å². The molecule has 33 heavy (non-hydrogen) atoms. The Balaban J connectivity index is 1.61. The van der Waals surface area contributed by atoms with Gasteiger partial charge in [0.2, 0.25) is 0 Å². The Morgan fingerprint density at radius 1 is 0.697 bits per heavy atom. The quantitative estimate of drug-likeness (QED) is 0.457. The Labute approximate surface area is 203 Å². The Kier molecular flexibility index (Phi) is 9.29. The predicted molar refractivity (Wildman–Crippen MR) is 141 cm³/mol. The molecule has 2 aromatic carbocycles. The number of anilines is 1. The number of aryl methyl sites for hydroxylation is 2. The fraction of sp³-hybridized carbons (Fsp3) is 0.581. The van der Waals surface area contributed by atoms with E-state index < -0.39 is 0 Å². The lowest BCUT2D eigenvalue weighted by Gasteiger charge is -2.30. The first-order valence-electron chi connectivity index (χ1n) is 13.8. The maximum Gasteiger partial charge on any atom is 0.178 e. The summed E-state index contributed by atoms with van der Waals surface area (Å²) in [6.07, 6.45) is 17.4. The Bertz CT molecular complexity index is 796. The summed E-state index contributed by atoms with van der Waals surface area (Å²) in [4.78, 5) is 5.12. The topological polar surface area (TPSA) is 6.48 Å². The molecule has 2 radical (unpaired) electrons. The summed E-state index contributed by atoms with van der Waals surface area (Å²) in [7, 11) is 0. The van der Waals surface area contributed by atoms with Gasteiger partial charge in [-0.3, -0.25) is 4.90 Å². The van der Waals surface area contributed by atoms with Gasteiger partial charge < -0.3 is 4.90 Å². The van der Waals surface area contributed by atoms with Crippen molar-refractivity contribution in [3.63, 3.8) is 0 Å². The normalized spacial score (nSPS) is 22.1. The highest BCUT2D eigenvalue weighted by Crippen LogP contribution is 2.41. The second kappa shape index (κ2) is 12.6. The molecule has 1 aliphatic heterocycles. The summed E-state index contributed by atoms with van der Waals surface area (Å²) in [5, 5.41) is 0. The lowest BCUT2D eigenvalue weighted by molar-refractivity contribution is 0.235. The van der Waals surface area contributed by atoms with Gasteiger partial charge in [0.1, 0.15) is 0 Å². The second-order valence-electron chi connectivity index (χ2n) is 10.1. The van der Waals surface area contributed by atoms with Crippen LogP contribution in [0.1, 0.15) is 107 Å². The average Bonchev–Trinajstić information content (AvgIpc) is 3.29. The highest BCUT2D eigenvalue weighted by Gasteiger charge is 2.37. The van der Waals surface area contributed by atoms with E-state index in [0.717, 1.165) is 19.4 Å². The van der Waals surface area contributed by atoms with Crippen LogP contribution in [0, 0.1) is 6.67 Å². The lowest BCUT2D eigenvalue weighted by Crippen LogP contribution is -2.32. The van der Waals surface area contributed by atoms with E-state index in [1.807, 2.05) is 0 Å². The van der Waals surface area contributed by atoms with E-state index in [0.29, 0.717) is 12.1 Å². The molecule has 1 atom stereocenters. The van der Waals surface area contributed by atoms with Crippen molar-refractivity contribution in [1.82, 2.24) is 4.90 Å². The van der Waals surface area contributed by atoms with Crippen molar-refractivity contribution in [3.05, 3.63) is 71.9 Å². The van der Waals surface area contributed by atoms with Crippen molar-refractivity contribution < 1.29 is 0 Å². The van der Waals surface area contributed by atoms with Gasteiger partial charge in [0.25, 0.3) is 0 Å². The minimum Gasteiger partial charge on any atom is -0.338 e. The molecule has 1 heterocycles. The summed E-state index contributed by atoms with van der Waals surface area (Å²) < 4.78 is 0. The molecule has 1 unspecified atom stereocenters. The van der Waals surface area contributed by atoms with Gasteiger partial charge in [0.05, 0.1) is 6.04 Å². The highest BCUT2D eigenvalue weighted by atomic mass is 15.4. The molecule has 178 valence electrons. The van der Waals surface area contributed by atoms with Crippen LogP contribution in [-0.4, -0.2) is 17.5 Å². The Morgan fingerprint density at radius 3 is 1.79 bits per heavy atom. The van der Waals surface area contributed by atoms with Gasteiger partial charge in [0.15, 0.2) is 6.67 Å². The molecular weight excluding hydrogens is 400 g/mol. The first-order chi connectivity index (χ1) is 16.3. The fourth-order valence-corrected chi connectivity index (χ4v) is 5.86. The highest BCUT2D eigenvalue weighted by molar-refractivity contribution is 5.63. The molecular formula is C31H44N2. The number of benzene rings is 2. The van der Waals surface area contributed by atoms with Crippen molar-refractivity contribution in [1.29, 1.82) is 0 Å². The summed E-state index contributed by atoms with van der Waals surface area (Å²) in [5.41, 5.74) is 5.72.